The minimum atomic E-state index is -3.59. The molecule has 0 aliphatic heterocycles. The minimum absolute atomic E-state index is 0.0270. The van der Waals surface area contributed by atoms with Crippen molar-refractivity contribution in [2.75, 3.05) is 13.2 Å². The zero-order valence-corrected chi connectivity index (χ0v) is 15.6. The van der Waals surface area contributed by atoms with E-state index in [2.05, 4.69) is 12.1 Å². The molecule has 0 fully saturated rings. The molecular formula is C18H25N2O3P. The molecule has 0 N–H and O–H groups in total. The third-order valence-electron chi connectivity index (χ3n) is 3.86. The minimum Gasteiger partial charge on any atom is -0.304 e. The van der Waals surface area contributed by atoms with Gasteiger partial charge in [0.25, 0.3) is 0 Å². The quantitative estimate of drug-likeness (QED) is 0.627. The lowest BCUT2D eigenvalue weighted by atomic mass is 9.99. The fourth-order valence-electron chi connectivity index (χ4n) is 1.91. The summed E-state index contributed by atoms with van der Waals surface area (Å²) in [6, 6.07) is 13.0. The summed E-state index contributed by atoms with van der Waals surface area (Å²) in [5.41, 5.74) is 0. The molecule has 0 aliphatic carbocycles. The van der Waals surface area contributed by atoms with E-state index in [1.54, 1.807) is 24.3 Å². The zero-order chi connectivity index (χ0) is 18.2. The van der Waals surface area contributed by atoms with Crippen molar-refractivity contribution in [2.45, 2.75) is 27.7 Å². The van der Waals surface area contributed by atoms with E-state index in [1.807, 2.05) is 33.8 Å². The SMILES string of the molecule is CC(C)[C@H](C#N)COP(=O)(OC[C@@H](C#N)C(C)C)c1ccccc1. The van der Waals surface area contributed by atoms with Crippen LogP contribution >= 0.6 is 7.60 Å². The Bertz CT molecular complexity index is 598. The maximum atomic E-state index is 13.2. The summed E-state index contributed by atoms with van der Waals surface area (Å²) in [5.74, 6) is -0.575. The lowest BCUT2D eigenvalue weighted by Gasteiger charge is -2.23. The van der Waals surface area contributed by atoms with Crippen molar-refractivity contribution in [1.82, 2.24) is 0 Å². The molecule has 0 spiro atoms. The van der Waals surface area contributed by atoms with Crippen LogP contribution in [0.25, 0.3) is 0 Å². The van der Waals surface area contributed by atoms with Crippen LogP contribution in [0.15, 0.2) is 30.3 Å². The van der Waals surface area contributed by atoms with Crippen LogP contribution in [-0.4, -0.2) is 13.2 Å². The first kappa shape index (κ1) is 20.4. The van der Waals surface area contributed by atoms with Gasteiger partial charge in [-0.05, 0) is 24.0 Å². The Morgan fingerprint density at radius 1 is 0.917 bits per heavy atom. The Labute approximate surface area is 144 Å². The predicted octanol–water partition coefficient (Wildman–Crippen LogP) is 4.13. The molecule has 5 nitrogen and oxygen atoms in total. The molecule has 0 saturated carbocycles. The first-order chi connectivity index (χ1) is 11.3. The highest BCUT2D eigenvalue weighted by molar-refractivity contribution is 7.62. The van der Waals surface area contributed by atoms with E-state index < -0.39 is 7.60 Å². The average Bonchev–Trinajstić information content (AvgIpc) is 2.56. The van der Waals surface area contributed by atoms with Gasteiger partial charge in [0, 0.05) is 0 Å². The van der Waals surface area contributed by atoms with Crippen LogP contribution in [0.2, 0.25) is 0 Å². The van der Waals surface area contributed by atoms with E-state index in [1.165, 1.54) is 0 Å². The third-order valence-corrected chi connectivity index (χ3v) is 5.77. The number of hydrogen-bond donors (Lipinski definition) is 0. The molecule has 1 aromatic carbocycles. The van der Waals surface area contributed by atoms with Crippen LogP contribution in [0, 0.1) is 46.3 Å². The number of benzene rings is 1. The van der Waals surface area contributed by atoms with Gasteiger partial charge in [-0.15, -0.1) is 0 Å². The molecule has 0 heterocycles. The zero-order valence-electron chi connectivity index (χ0n) is 14.7. The second-order valence-corrected chi connectivity index (χ2v) is 8.41. The van der Waals surface area contributed by atoms with Crippen molar-refractivity contribution in [1.29, 1.82) is 10.5 Å². The Kier molecular flexibility index (Phi) is 8.16. The molecule has 2 atom stereocenters. The average molecular weight is 348 g/mol. The summed E-state index contributed by atoms with van der Waals surface area (Å²) < 4.78 is 24.4. The molecule has 1 aromatic rings. The number of nitrogens with zero attached hydrogens (tertiary/aromatic N) is 2. The highest BCUT2D eigenvalue weighted by atomic mass is 31.2. The van der Waals surface area contributed by atoms with Gasteiger partial charge in [-0.2, -0.15) is 10.5 Å². The Morgan fingerprint density at radius 3 is 1.67 bits per heavy atom. The highest BCUT2D eigenvalue weighted by Gasteiger charge is 2.31. The molecule has 0 radical (unpaired) electrons. The van der Waals surface area contributed by atoms with E-state index in [4.69, 9.17) is 9.05 Å². The molecule has 24 heavy (non-hydrogen) atoms. The van der Waals surface area contributed by atoms with Gasteiger partial charge >= 0.3 is 7.60 Å². The Hall–Kier alpha value is -1.65. The Balaban J connectivity index is 2.95. The molecule has 6 heteroatoms. The molecule has 0 saturated heterocycles. The molecule has 0 aromatic heterocycles. The molecule has 130 valence electrons. The normalized spacial score (nSPS) is 14.2. The largest absolute Gasteiger partial charge is 0.361 e. The lowest BCUT2D eigenvalue weighted by Crippen LogP contribution is -2.20. The molecular weight excluding hydrogens is 323 g/mol. The second kappa shape index (κ2) is 9.60. The predicted molar refractivity (Wildman–Crippen MR) is 93.5 cm³/mol. The van der Waals surface area contributed by atoms with Crippen LogP contribution in [0.3, 0.4) is 0 Å². The van der Waals surface area contributed by atoms with Crippen molar-refractivity contribution in [3.05, 3.63) is 30.3 Å². The summed E-state index contributed by atoms with van der Waals surface area (Å²) in [7, 11) is -3.59. The van der Waals surface area contributed by atoms with E-state index in [0.29, 0.717) is 5.30 Å². The third kappa shape index (κ3) is 5.77. The van der Waals surface area contributed by atoms with Gasteiger partial charge in [0.05, 0.1) is 42.5 Å². The van der Waals surface area contributed by atoms with Gasteiger partial charge in [0.2, 0.25) is 0 Å². The molecule has 0 aliphatic rings. The molecule has 0 amide bonds. The maximum Gasteiger partial charge on any atom is 0.361 e. The smallest absolute Gasteiger partial charge is 0.304 e. The number of hydrogen-bond acceptors (Lipinski definition) is 5. The van der Waals surface area contributed by atoms with Crippen molar-refractivity contribution in [2.24, 2.45) is 23.7 Å². The van der Waals surface area contributed by atoms with Gasteiger partial charge in [0.1, 0.15) is 0 Å². The van der Waals surface area contributed by atoms with Crippen molar-refractivity contribution in [3.63, 3.8) is 0 Å². The topological polar surface area (TPSA) is 83.1 Å². The van der Waals surface area contributed by atoms with E-state index in [0.717, 1.165) is 0 Å². The number of nitriles is 2. The maximum absolute atomic E-state index is 13.2. The van der Waals surface area contributed by atoms with Gasteiger partial charge in [-0.3, -0.25) is 4.57 Å². The monoisotopic (exact) mass is 348 g/mol. The first-order valence-corrected chi connectivity index (χ1v) is 9.62. The lowest BCUT2D eigenvalue weighted by molar-refractivity contribution is 0.168. The standard InChI is InChI=1S/C18H25N2O3P/c1-14(2)16(10-19)12-22-24(21,18-8-6-5-7-9-18)23-13-17(11-20)15(3)4/h5-9,14-17H,12-13H2,1-4H3/t16-,17-/m1/s1. The number of rotatable bonds is 9. The molecule has 0 unspecified atom stereocenters. The summed E-state index contributed by atoms with van der Waals surface area (Å²) in [4.78, 5) is 0. The van der Waals surface area contributed by atoms with Crippen LogP contribution in [-0.2, 0) is 13.6 Å². The highest BCUT2D eigenvalue weighted by Crippen LogP contribution is 2.48. The second-order valence-electron chi connectivity index (χ2n) is 6.38. The van der Waals surface area contributed by atoms with Gasteiger partial charge in [-0.25, -0.2) is 0 Å². The van der Waals surface area contributed by atoms with Gasteiger partial charge in [-0.1, -0.05) is 45.9 Å². The van der Waals surface area contributed by atoms with Gasteiger partial charge < -0.3 is 9.05 Å². The fourth-order valence-corrected chi connectivity index (χ4v) is 3.54. The Morgan fingerprint density at radius 2 is 1.33 bits per heavy atom. The fraction of sp³-hybridized carbons (Fsp3) is 0.556. The van der Waals surface area contributed by atoms with Crippen LogP contribution in [0.5, 0.6) is 0 Å². The van der Waals surface area contributed by atoms with Gasteiger partial charge in [0.15, 0.2) is 0 Å². The van der Waals surface area contributed by atoms with Crippen molar-refractivity contribution < 1.29 is 13.6 Å². The summed E-state index contributed by atoms with van der Waals surface area (Å²) in [5, 5.41) is 18.8. The summed E-state index contributed by atoms with van der Waals surface area (Å²) >= 11 is 0. The van der Waals surface area contributed by atoms with E-state index in [-0.39, 0.29) is 36.9 Å². The summed E-state index contributed by atoms with van der Waals surface area (Å²) in [6.45, 7) is 7.70. The van der Waals surface area contributed by atoms with Crippen molar-refractivity contribution >= 4 is 12.9 Å². The molecule has 1 rings (SSSR count). The van der Waals surface area contributed by atoms with E-state index in [9.17, 15) is 15.1 Å². The summed E-state index contributed by atoms with van der Waals surface area (Å²) in [6.07, 6.45) is 0. The first-order valence-electron chi connectivity index (χ1n) is 8.08. The van der Waals surface area contributed by atoms with Crippen LogP contribution in [0.1, 0.15) is 27.7 Å². The van der Waals surface area contributed by atoms with Crippen LogP contribution in [0.4, 0.5) is 0 Å². The van der Waals surface area contributed by atoms with Crippen molar-refractivity contribution in [3.8, 4) is 12.1 Å². The van der Waals surface area contributed by atoms with Crippen LogP contribution < -0.4 is 5.30 Å². The molecule has 0 bridgehead atoms. The van der Waals surface area contributed by atoms with E-state index >= 15 is 0 Å².